The summed E-state index contributed by atoms with van der Waals surface area (Å²) in [5.74, 6) is -0.412. The van der Waals surface area contributed by atoms with Gasteiger partial charge < -0.3 is 4.57 Å². The van der Waals surface area contributed by atoms with Gasteiger partial charge in [0.25, 0.3) is 5.91 Å². The molecular formula is C17H13Cl3N2OS. The van der Waals surface area contributed by atoms with E-state index < -0.39 is 5.91 Å². The van der Waals surface area contributed by atoms with E-state index in [0.29, 0.717) is 25.4 Å². The molecule has 1 aromatic heterocycles. The molecule has 3 rings (SSSR count). The summed E-state index contributed by atoms with van der Waals surface area (Å²) >= 11 is 19.5. The van der Waals surface area contributed by atoms with E-state index in [-0.39, 0.29) is 0 Å². The molecule has 2 aromatic carbocycles. The van der Waals surface area contributed by atoms with Crippen LogP contribution in [-0.4, -0.2) is 10.5 Å². The maximum atomic E-state index is 12.5. The molecule has 0 unspecified atom stereocenters. The van der Waals surface area contributed by atoms with Gasteiger partial charge >= 0.3 is 0 Å². The highest BCUT2D eigenvalue weighted by molar-refractivity contribution is 7.16. The normalized spacial score (nSPS) is 12.1. The lowest BCUT2D eigenvalue weighted by Gasteiger charge is -2.03. The van der Waals surface area contributed by atoms with Crippen molar-refractivity contribution in [1.29, 1.82) is 0 Å². The van der Waals surface area contributed by atoms with Crippen LogP contribution in [0.1, 0.15) is 23.7 Å². The average Bonchev–Trinajstić information content (AvgIpc) is 2.86. The second kappa shape index (κ2) is 7.28. The SMILES string of the molecule is CCCn1c(=NC(=O)c2cc(Cl)ccc2Cl)sc2cc(Cl)ccc21. The number of aryl methyl sites for hydroxylation is 1. The molecule has 0 radical (unpaired) electrons. The second-order valence-corrected chi connectivity index (χ2v) is 7.48. The largest absolute Gasteiger partial charge is 0.316 e. The van der Waals surface area contributed by atoms with E-state index in [1.165, 1.54) is 17.4 Å². The summed E-state index contributed by atoms with van der Waals surface area (Å²) in [4.78, 5) is 17.4. The van der Waals surface area contributed by atoms with Crippen molar-refractivity contribution in [3.05, 3.63) is 61.8 Å². The highest BCUT2D eigenvalue weighted by atomic mass is 35.5. The number of carbonyl (C=O) groups excluding carboxylic acids is 1. The highest BCUT2D eigenvalue weighted by Gasteiger charge is 2.12. The van der Waals surface area contributed by atoms with Gasteiger partial charge in [0.15, 0.2) is 4.80 Å². The minimum atomic E-state index is -0.412. The minimum Gasteiger partial charge on any atom is -0.316 e. The average molecular weight is 400 g/mol. The molecule has 0 aliphatic carbocycles. The van der Waals surface area contributed by atoms with Crippen molar-refractivity contribution in [2.75, 3.05) is 0 Å². The summed E-state index contributed by atoms with van der Waals surface area (Å²) in [7, 11) is 0. The Morgan fingerprint density at radius 3 is 2.58 bits per heavy atom. The van der Waals surface area contributed by atoms with E-state index in [1.54, 1.807) is 12.1 Å². The molecular weight excluding hydrogens is 387 g/mol. The Bertz CT molecular complexity index is 991. The van der Waals surface area contributed by atoms with Crippen LogP contribution in [0.5, 0.6) is 0 Å². The van der Waals surface area contributed by atoms with E-state index in [0.717, 1.165) is 23.2 Å². The molecule has 0 fully saturated rings. The molecule has 0 spiro atoms. The lowest BCUT2D eigenvalue weighted by Crippen LogP contribution is -2.17. The van der Waals surface area contributed by atoms with Gasteiger partial charge in [-0.3, -0.25) is 4.79 Å². The number of hydrogen-bond donors (Lipinski definition) is 0. The Labute approximate surface area is 158 Å². The van der Waals surface area contributed by atoms with Crippen molar-refractivity contribution in [3.8, 4) is 0 Å². The van der Waals surface area contributed by atoms with Gasteiger partial charge in [-0.15, -0.1) is 0 Å². The van der Waals surface area contributed by atoms with E-state index in [4.69, 9.17) is 34.8 Å². The first-order chi connectivity index (χ1) is 11.5. The van der Waals surface area contributed by atoms with Crippen molar-refractivity contribution in [2.45, 2.75) is 19.9 Å². The zero-order valence-electron chi connectivity index (χ0n) is 12.7. The molecule has 7 heteroatoms. The maximum Gasteiger partial charge on any atom is 0.281 e. The van der Waals surface area contributed by atoms with Gasteiger partial charge in [0.05, 0.1) is 20.8 Å². The van der Waals surface area contributed by atoms with Crippen LogP contribution in [0.4, 0.5) is 0 Å². The smallest absolute Gasteiger partial charge is 0.281 e. The van der Waals surface area contributed by atoms with Crippen molar-refractivity contribution < 1.29 is 4.79 Å². The fourth-order valence-electron chi connectivity index (χ4n) is 2.38. The molecule has 0 saturated carbocycles. The quantitative estimate of drug-likeness (QED) is 0.547. The number of halogens is 3. The number of benzene rings is 2. The third kappa shape index (κ3) is 3.52. The van der Waals surface area contributed by atoms with E-state index in [1.807, 2.05) is 22.8 Å². The van der Waals surface area contributed by atoms with Crippen molar-refractivity contribution >= 4 is 62.3 Å². The number of amides is 1. The van der Waals surface area contributed by atoms with Gasteiger partial charge in [0.2, 0.25) is 0 Å². The van der Waals surface area contributed by atoms with Crippen LogP contribution < -0.4 is 4.80 Å². The minimum absolute atomic E-state index is 0.294. The first-order valence-electron chi connectivity index (χ1n) is 7.32. The molecule has 1 amide bonds. The first-order valence-corrected chi connectivity index (χ1v) is 9.27. The maximum absolute atomic E-state index is 12.5. The number of fused-ring (bicyclic) bond motifs is 1. The summed E-state index contributed by atoms with van der Waals surface area (Å²) in [6, 6.07) is 10.4. The van der Waals surface area contributed by atoms with Gasteiger partial charge in [0, 0.05) is 16.6 Å². The number of carbonyl (C=O) groups is 1. The monoisotopic (exact) mass is 398 g/mol. The zero-order chi connectivity index (χ0) is 17.3. The van der Waals surface area contributed by atoms with Gasteiger partial charge in [-0.25, -0.2) is 0 Å². The molecule has 24 heavy (non-hydrogen) atoms. The molecule has 3 nitrogen and oxygen atoms in total. The van der Waals surface area contributed by atoms with Gasteiger partial charge in [-0.05, 0) is 42.8 Å². The van der Waals surface area contributed by atoms with Gasteiger partial charge in [-0.2, -0.15) is 4.99 Å². The summed E-state index contributed by atoms with van der Waals surface area (Å²) in [6.45, 7) is 2.84. The molecule has 3 aromatic rings. The third-order valence-electron chi connectivity index (χ3n) is 3.45. The molecule has 0 atom stereocenters. The number of aromatic nitrogens is 1. The van der Waals surface area contributed by atoms with Gasteiger partial charge in [-0.1, -0.05) is 53.1 Å². The first kappa shape index (κ1) is 17.5. The predicted octanol–water partition coefficient (Wildman–Crippen LogP) is 5.81. The molecule has 0 aliphatic heterocycles. The van der Waals surface area contributed by atoms with E-state index in [9.17, 15) is 4.79 Å². The Morgan fingerprint density at radius 2 is 1.83 bits per heavy atom. The summed E-state index contributed by atoms with van der Waals surface area (Å²) < 4.78 is 3.01. The number of nitrogens with zero attached hydrogens (tertiary/aromatic N) is 2. The Kier molecular flexibility index (Phi) is 5.30. The molecule has 0 bridgehead atoms. The Hall–Kier alpha value is -1.33. The standard InChI is InChI=1S/C17H13Cl3N2OS/c1-2-7-22-14-6-4-11(19)9-15(14)24-17(22)21-16(23)12-8-10(18)3-5-13(12)20/h3-6,8-9H,2,7H2,1H3. The van der Waals surface area contributed by atoms with Crippen LogP contribution in [0, 0.1) is 0 Å². The fourth-order valence-corrected chi connectivity index (χ4v) is 4.08. The molecule has 1 heterocycles. The second-order valence-electron chi connectivity index (χ2n) is 5.19. The molecule has 124 valence electrons. The lowest BCUT2D eigenvalue weighted by molar-refractivity contribution is 0.0998. The molecule has 0 N–H and O–H groups in total. The topological polar surface area (TPSA) is 34.4 Å². The lowest BCUT2D eigenvalue weighted by atomic mass is 10.2. The Balaban J connectivity index is 2.16. The van der Waals surface area contributed by atoms with Crippen LogP contribution in [0.3, 0.4) is 0 Å². The van der Waals surface area contributed by atoms with Gasteiger partial charge in [0.1, 0.15) is 0 Å². The van der Waals surface area contributed by atoms with E-state index in [2.05, 4.69) is 11.9 Å². The fraction of sp³-hybridized carbons (Fsp3) is 0.176. The van der Waals surface area contributed by atoms with Crippen LogP contribution in [0.2, 0.25) is 15.1 Å². The summed E-state index contributed by atoms with van der Waals surface area (Å²) in [5.41, 5.74) is 1.30. The van der Waals surface area contributed by atoms with E-state index >= 15 is 0 Å². The highest BCUT2D eigenvalue weighted by Crippen LogP contribution is 2.23. The van der Waals surface area contributed by atoms with Crippen molar-refractivity contribution in [1.82, 2.24) is 4.57 Å². The zero-order valence-corrected chi connectivity index (χ0v) is 15.8. The predicted molar refractivity (Wildman–Crippen MR) is 101 cm³/mol. The summed E-state index contributed by atoms with van der Waals surface area (Å²) in [5, 5.41) is 1.44. The van der Waals surface area contributed by atoms with Crippen LogP contribution >= 0.6 is 46.1 Å². The third-order valence-corrected chi connectivity index (χ3v) is 5.29. The van der Waals surface area contributed by atoms with Crippen molar-refractivity contribution in [2.24, 2.45) is 4.99 Å². The Morgan fingerprint density at radius 1 is 1.12 bits per heavy atom. The van der Waals surface area contributed by atoms with Crippen LogP contribution in [0.15, 0.2) is 41.4 Å². The molecule has 0 saturated heterocycles. The van der Waals surface area contributed by atoms with Crippen LogP contribution in [-0.2, 0) is 6.54 Å². The van der Waals surface area contributed by atoms with Crippen molar-refractivity contribution in [3.63, 3.8) is 0 Å². The van der Waals surface area contributed by atoms with Crippen LogP contribution in [0.25, 0.3) is 10.2 Å². The summed E-state index contributed by atoms with van der Waals surface area (Å²) in [6.07, 6.45) is 0.924. The number of thiazole rings is 1. The number of rotatable bonds is 3. The molecule has 0 aliphatic rings. The number of hydrogen-bond acceptors (Lipinski definition) is 2.